The summed E-state index contributed by atoms with van der Waals surface area (Å²) in [7, 11) is 0. The van der Waals surface area contributed by atoms with E-state index < -0.39 is 65.2 Å². The number of carbonyl (C=O) groups excluding carboxylic acids is 2. The SMILES string of the molecule is CCCCc1nc(Cl)c(C(=O)OC(C)OC(=O)O[C@H]2COC3C2OC[C@H]3OCCC[C@@H](O[N+](=O)[O-])[C@@H](C)O[N+](=O)[O-])n1Cc1ccc(-c2ccccc2-c2nn[nH]n2)cc1. The zero-order chi connectivity index (χ0) is 42.8. The van der Waals surface area contributed by atoms with E-state index in [1.807, 2.05) is 55.5 Å². The minimum atomic E-state index is -1.39. The highest BCUT2D eigenvalue weighted by Crippen LogP contribution is 2.32. The van der Waals surface area contributed by atoms with Crippen LogP contribution >= 0.6 is 11.6 Å². The van der Waals surface area contributed by atoms with Gasteiger partial charge in [0.05, 0.1) is 13.2 Å². The Morgan fingerprint density at radius 3 is 2.35 bits per heavy atom. The number of esters is 1. The van der Waals surface area contributed by atoms with E-state index in [1.54, 1.807) is 4.57 Å². The van der Waals surface area contributed by atoms with Crippen molar-refractivity contribution >= 4 is 23.7 Å². The van der Waals surface area contributed by atoms with E-state index in [-0.39, 0.29) is 50.1 Å². The van der Waals surface area contributed by atoms with Crippen LogP contribution in [0.3, 0.4) is 0 Å². The summed E-state index contributed by atoms with van der Waals surface area (Å²) in [5, 5.41) is 33.7. The van der Waals surface area contributed by atoms with Crippen LogP contribution in [0.15, 0.2) is 48.5 Å². The minimum absolute atomic E-state index is 0.00390. The molecule has 2 fully saturated rings. The summed E-state index contributed by atoms with van der Waals surface area (Å²) in [5.41, 5.74) is 3.49. The van der Waals surface area contributed by atoms with Crippen molar-refractivity contribution in [2.75, 3.05) is 19.8 Å². The standard InChI is InChI=1S/C37H43ClN8O14/c1-4-5-12-30-39-34(38)31(44(30)18-23-13-15-24(16-14-23)25-9-6-7-10-26(25)35-40-42-43-41-35)36(47)56-22(3)57-37(48)58-29-20-55-32-28(19-54-33(29)32)53-17-8-11-27(60-46(51)52)21(2)59-45(49)50/h6-7,9-10,13-16,21-22,27-29,32-33H,4-5,8,11-12,17-20H2,1-3H3,(H,40,41,42,43)/t21-,22?,27-,28-,29+,32?,33?/m1/s1. The summed E-state index contributed by atoms with van der Waals surface area (Å²) in [6.45, 7) is 5.08. The number of aromatic nitrogens is 6. The molecule has 4 aromatic rings. The fourth-order valence-electron chi connectivity index (χ4n) is 6.93. The largest absolute Gasteiger partial charge is 0.511 e. The number of aromatic amines is 1. The summed E-state index contributed by atoms with van der Waals surface area (Å²) >= 11 is 6.55. The first-order chi connectivity index (χ1) is 28.9. The number of unbranched alkanes of at least 4 members (excludes halogenated alkanes) is 1. The molecular formula is C37H43ClN8O14. The number of halogens is 1. The number of imidazole rings is 1. The zero-order valence-electron chi connectivity index (χ0n) is 32.7. The molecule has 0 radical (unpaired) electrons. The average Bonchev–Trinajstić information content (AvgIpc) is 4.02. The highest BCUT2D eigenvalue weighted by Gasteiger charge is 2.50. The maximum absolute atomic E-state index is 13.6. The monoisotopic (exact) mass is 858 g/mol. The molecule has 2 aliphatic heterocycles. The number of aryl methyl sites for hydroxylation is 1. The van der Waals surface area contributed by atoms with Crippen LogP contribution in [0.5, 0.6) is 0 Å². The van der Waals surface area contributed by atoms with Crippen LogP contribution in [0.25, 0.3) is 22.5 Å². The second-order valence-corrected chi connectivity index (χ2v) is 14.2. The summed E-state index contributed by atoms with van der Waals surface area (Å²) in [4.78, 5) is 61.3. The van der Waals surface area contributed by atoms with Crippen molar-refractivity contribution in [2.45, 2.75) is 102 Å². The van der Waals surface area contributed by atoms with Crippen molar-refractivity contribution in [1.29, 1.82) is 0 Å². The molecule has 0 spiro atoms. The van der Waals surface area contributed by atoms with Crippen molar-refractivity contribution in [3.8, 4) is 22.5 Å². The number of hydrogen-bond donors (Lipinski definition) is 1. The van der Waals surface area contributed by atoms with E-state index in [4.69, 9.17) is 40.0 Å². The number of ether oxygens (including phenoxy) is 6. The van der Waals surface area contributed by atoms with Gasteiger partial charge in [-0.05, 0) is 48.1 Å². The van der Waals surface area contributed by atoms with Crippen LogP contribution in [-0.4, -0.2) is 115 Å². The van der Waals surface area contributed by atoms with Gasteiger partial charge in [-0.3, -0.25) is 0 Å². The predicted molar refractivity (Wildman–Crippen MR) is 204 cm³/mol. The van der Waals surface area contributed by atoms with E-state index in [9.17, 15) is 29.8 Å². The molecule has 7 atom stereocenters. The second kappa shape index (κ2) is 20.3. The van der Waals surface area contributed by atoms with Crippen molar-refractivity contribution in [2.24, 2.45) is 0 Å². The summed E-state index contributed by atoms with van der Waals surface area (Å²) in [6.07, 6.45) is -5.12. The molecule has 3 unspecified atom stereocenters. The number of nitrogens with zero attached hydrogens (tertiary/aromatic N) is 7. The first kappa shape index (κ1) is 43.6. The van der Waals surface area contributed by atoms with Gasteiger partial charge >= 0.3 is 12.1 Å². The normalized spacial score (nSPS) is 19.8. The van der Waals surface area contributed by atoms with E-state index in [1.165, 1.54) is 13.8 Å². The minimum Gasteiger partial charge on any atom is -0.426 e. The highest BCUT2D eigenvalue weighted by molar-refractivity contribution is 6.32. The lowest BCUT2D eigenvalue weighted by atomic mass is 9.98. The Labute approximate surface area is 346 Å². The van der Waals surface area contributed by atoms with Crippen molar-refractivity contribution < 1.29 is 57.9 Å². The smallest absolute Gasteiger partial charge is 0.426 e. The van der Waals surface area contributed by atoms with Crippen LogP contribution in [0, 0.1) is 20.2 Å². The topological polar surface area (TPSA) is 267 Å². The predicted octanol–water partition coefficient (Wildman–Crippen LogP) is 4.94. The lowest BCUT2D eigenvalue weighted by molar-refractivity contribution is -0.798. The van der Waals surface area contributed by atoms with Gasteiger partial charge in [-0.1, -0.05) is 73.5 Å². The van der Waals surface area contributed by atoms with Crippen LogP contribution in [-0.2, 0) is 51.1 Å². The molecule has 2 saturated heterocycles. The van der Waals surface area contributed by atoms with E-state index >= 15 is 0 Å². The molecule has 0 bridgehead atoms. The average molecular weight is 859 g/mol. The van der Waals surface area contributed by atoms with Crippen LogP contribution < -0.4 is 0 Å². The van der Waals surface area contributed by atoms with Gasteiger partial charge in [-0.2, -0.15) is 5.21 Å². The number of hydrogen-bond acceptors (Lipinski definition) is 18. The lowest BCUT2D eigenvalue weighted by Crippen LogP contribution is -2.36. The molecule has 60 heavy (non-hydrogen) atoms. The number of nitrogens with one attached hydrogen (secondary N) is 1. The number of fused-ring (bicyclic) bond motifs is 1. The molecule has 2 aromatic heterocycles. The van der Waals surface area contributed by atoms with Gasteiger partial charge in [-0.15, -0.1) is 30.4 Å². The first-order valence-electron chi connectivity index (χ1n) is 19.1. The fraction of sp³-hybridized carbons (Fsp3) is 0.514. The Kier molecular flexibility index (Phi) is 14.8. The van der Waals surface area contributed by atoms with E-state index in [0.717, 1.165) is 35.1 Å². The Bertz CT molecular complexity index is 2090. The molecule has 23 heteroatoms. The van der Waals surface area contributed by atoms with E-state index in [2.05, 4.69) is 35.3 Å². The molecule has 0 saturated carbocycles. The van der Waals surface area contributed by atoms with Crippen molar-refractivity contribution in [3.05, 3.63) is 91.0 Å². The molecule has 6 rings (SSSR count). The molecule has 2 aliphatic rings. The number of H-pyrrole nitrogens is 1. The molecule has 2 aromatic carbocycles. The Balaban J connectivity index is 1.01. The third-order valence-corrected chi connectivity index (χ3v) is 10.0. The Morgan fingerprint density at radius 2 is 1.67 bits per heavy atom. The Hall–Kier alpha value is -5.97. The number of rotatable bonds is 21. The number of tetrazole rings is 1. The maximum Gasteiger partial charge on any atom is 0.511 e. The zero-order valence-corrected chi connectivity index (χ0v) is 33.5. The molecule has 4 heterocycles. The van der Waals surface area contributed by atoms with Gasteiger partial charge in [0.1, 0.15) is 36.3 Å². The molecule has 0 amide bonds. The molecule has 22 nitrogen and oxygen atoms in total. The highest BCUT2D eigenvalue weighted by atomic mass is 35.5. The van der Waals surface area contributed by atoms with Crippen LogP contribution in [0.2, 0.25) is 5.15 Å². The summed E-state index contributed by atoms with van der Waals surface area (Å²) in [5.74, 6) is 0.197. The van der Waals surface area contributed by atoms with E-state index in [0.29, 0.717) is 18.1 Å². The van der Waals surface area contributed by atoms with Crippen molar-refractivity contribution in [3.63, 3.8) is 0 Å². The van der Waals surface area contributed by atoms with Gasteiger partial charge in [0.15, 0.2) is 17.0 Å². The third kappa shape index (κ3) is 11.0. The number of benzene rings is 2. The first-order valence-corrected chi connectivity index (χ1v) is 19.5. The van der Waals surface area contributed by atoms with Crippen molar-refractivity contribution in [1.82, 2.24) is 30.2 Å². The van der Waals surface area contributed by atoms with Gasteiger partial charge in [0.2, 0.25) is 12.1 Å². The fourth-order valence-corrected chi connectivity index (χ4v) is 7.21. The molecule has 322 valence electrons. The quantitative estimate of drug-likeness (QED) is 0.0382. The number of carbonyl (C=O) groups is 2. The second-order valence-electron chi connectivity index (χ2n) is 13.9. The lowest BCUT2D eigenvalue weighted by Gasteiger charge is -2.21. The van der Waals surface area contributed by atoms with Crippen LogP contribution in [0.4, 0.5) is 4.79 Å². The van der Waals surface area contributed by atoms with Gasteiger partial charge in [0.25, 0.3) is 10.2 Å². The molecule has 1 N–H and O–H groups in total. The molecule has 0 aliphatic carbocycles. The van der Waals surface area contributed by atoms with Gasteiger partial charge < -0.3 is 42.7 Å². The van der Waals surface area contributed by atoms with Gasteiger partial charge in [-0.25, -0.2) is 14.6 Å². The summed E-state index contributed by atoms with van der Waals surface area (Å²) < 4.78 is 35.4. The van der Waals surface area contributed by atoms with Gasteiger partial charge in [0, 0.05) is 32.1 Å². The molecular weight excluding hydrogens is 816 g/mol. The summed E-state index contributed by atoms with van der Waals surface area (Å²) in [6, 6.07) is 15.5. The van der Waals surface area contributed by atoms with Crippen LogP contribution in [0.1, 0.15) is 68.3 Å². The Morgan fingerprint density at radius 1 is 0.967 bits per heavy atom. The maximum atomic E-state index is 13.6. The third-order valence-electron chi connectivity index (χ3n) is 9.78.